The van der Waals surface area contributed by atoms with Gasteiger partial charge in [0.1, 0.15) is 0 Å². The first kappa shape index (κ1) is 8.67. The molecule has 0 unspecified atom stereocenters. The Morgan fingerprint density at radius 2 is 2.25 bits per heavy atom. The minimum Gasteiger partial charge on any atom is -0.505 e. The maximum absolute atomic E-state index is 12.9. The van der Waals surface area contributed by atoms with Crippen molar-refractivity contribution in [3.05, 3.63) is 29.6 Å². The number of phenolic OH excluding ortho intramolecular Hbond substituents is 1. The summed E-state index contributed by atoms with van der Waals surface area (Å²) in [5.41, 5.74) is 4.86. The molecule has 0 heterocycles. The van der Waals surface area contributed by atoms with E-state index in [2.05, 4.69) is 0 Å². The molecular weight excluding hydrogens is 161 g/mol. The molecule has 0 bridgehead atoms. The molecule has 0 amide bonds. The van der Waals surface area contributed by atoms with Gasteiger partial charge in [0.2, 0.25) is 0 Å². The normalized spacial score (nSPS) is 9.83. The second-order valence-electron chi connectivity index (χ2n) is 2.27. The molecule has 0 saturated carbocycles. The van der Waals surface area contributed by atoms with E-state index in [1.54, 1.807) is 0 Å². The molecule has 0 aliphatic heterocycles. The van der Waals surface area contributed by atoms with E-state index in [4.69, 9.17) is 10.8 Å². The van der Waals surface area contributed by atoms with Crippen LogP contribution in [0.4, 0.5) is 4.39 Å². The highest BCUT2D eigenvalue weighted by molar-refractivity contribution is 5.98. The van der Waals surface area contributed by atoms with Gasteiger partial charge in [0.05, 0.1) is 12.1 Å². The number of Topliss-reactive ketones (excluding diaryl/α,β-unsaturated/α-hetero) is 1. The Labute approximate surface area is 68.6 Å². The number of halogens is 1. The van der Waals surface area contributed by atoms with E-state index in [9.17, 15) is 9.18 Å². The third-order valence-corrected chi connectivity index (χ3v) is 1.46. The number of aromatic hydroxyl groups is 1. The monoisotopic (exact) mass is 169 g/mol. The molecule has 0 spiro atoms. The van der Waals surface area contributed by atoms with Gasteiger partial charge >= 0.3 is 0 Å². The maximum Gasteiger partial charge on any atom is 0.179 e. The van der Waals surface area contributed by atoms with Crippen molar-refractivity contribution in [2.75, 3.05) is 6.54 Å². The first-order chi connectivity index (χ1) is 5.66. The Bertz CT molecular complexity index is 312. The van der Waals surface area contributed by atoms with Gasteiger partial charge in [-0.3, -0.25) is 4.79 Å². The van der Waals surface area contributed by atoms with Crippen molar-refractivity contribution in [2.45, 2.75) is 0 Å². The predicted molar refractivity (Wildman–Crippen MR) is 41.4 cm³/mol. The average molecular weight is 169 g/mol. The summed E-state index contributed by atoms with van der Waals surface area (Å²) in [5.74, 6) is -1.97. The minimum absolute atomic E-state index is 0.169. The van der Waals surface area contributed by atoms with Gasteiger partial charge in [-0.2, -0.15) is 0 Å². The van der Waals surface area contributed by atoms with E-state index in [0.29, 0.717) is 0 Å². The van der Waals surface area contributed by atoms with Crippen LogP contribution in [0.3, 0.4) is 0 Å². The fourth-order valence-electron chi connectivity index (χ4n) is 0.845. The zero-order chi connectivity index (χ0) is 9.14. The van der Waals surface area contributed by atoms with Gasteiger partial charge in [-0.25, -0.2) is 4.39 Å². The van der Waals surface area contributed by atoms with Crippen LogP contribution in [0.15, 0.2) is 18.2 Å². The van der Waals surface area contributed by atoms with Crippen LogP contribution >= 0.6 is 0 Å². The molecule has 0 aliphatic rings. The molecule has 0 atom stereocenters. The number of hydrogen-bond donors (Lipinski definition) is 2. The highest BCUT2D eigenvalue weighted by Gasteiger charge is 2.12. The molecule has 3 nitrogen and oxygen atoms in total. The van der Waals surface area contributed by atoms with E-state index in [0.717, 1.165) is 0 Å². The molecule has 12 heavy (non-hydrogen) atoms. The van der Waals surface area contributed by atoms with Gasteiger partial charge in [0.25, 0.3) is 0 Å². The topological polar surface area (TPSA) is 63.3 Å². The lowest BCUT2D eigenvalue weighted by Gasteiger charge is -2.00. The zero-order valence-electron chi connectivity index (χ0n) is 6.25. The molecule has 0 aliphatic carbocycles. The lowest BCUT2D eigenvalue weighted by molar-refractivity contribution is 0.0996. The van der Waals surface area contributed by atoms with Crippen molar-refractivity contribution in [1.82, 2.24) is 0 Å². The summed E-state index contributed by atoms with van der Waals surface area (Å²) in [4.78, 5) is 10.9. The molecule has 1 aromatic rings. The molecule has 4 heteroatoms. The summed E-state index contributed by atoms with van der Waals surface area (Å²) in [6, 6.07) is 3.84. The van der Waals surface area contributed by atoms with Crippen LogP contribution in [0.5, 0.6) is 5.75 Å². The number of carbonyl (C=O) groups is 1. The third kappa shape index (κ3) is 1.43. The molecule has 0 fully saturated rings. The van der Waals surface area contributed by atoms with Gasteiger partial charge in [0.15, 0.2) is 17.3 Å². The van der Waals surface area contributed by atoms with Crippen LogP contribution < -0.4 is 5.73 Å². The Morgan fingerprint density at radius 1 is 1.58 bits per heavy atom. The lowest BCUT2D eigenvalue weighted by atomic mass is 10.1. The maximum atomic E-state index is 12.9. The summed E-state index contributed by atoms with van der Waals surface area (Å²) in [5, 5.41) is 8.88. The van der Waals surface area contributed by atoms with Crippen LogP contribution in [-0.4, -0.2) is 17.4 Å². The van der Waals surface area contributed by atoms with Crippen molar-refractivity contribution in [3.8, 4) is 5.75 Å². The molecule has 0 radical (unpaired) electrons. The van der Waals surface area contributed by atoms with Crippen molar-refractivity contribution in [2.24, 2.45) is 5.73 Å². The number of benzene rings is 1. The smallest absolute Gasteiger partial charge is 0.179 e. The van der Waals surface area contributed by atoms with E-state index in [1.807, 2.05) is 0 Å². The Kier molecular flexibility index (Phi) is 2.40. The first-order valence-electron chi connectivity index (χ1n) is 3.37. The molecule has 0 saturated heterocycles. The minimum atomic E-state index is -0.909. The Morgan fingerprint density at radius 3 is 2.83 bits per heavy atom. The summed E-state index contributed by atoms with van der Waals surface area (Å²) in [6.45, 7) is -0.264. The SMILES string of the molecule is NCC(=O)c1cccc(O)c1F. The molecular formula is C8H8FNO2. The molecule has 0 aromatic heterocycles. The van der Waals surface area contributed by atoms with Crippen LogP contribution in [0.2, 0.25) is 0 Å². The highest BCUT2D eigenvalue weighted by Crippen LogP contribution is 2.18. The number of hydrogen-bond acceptors (Lipinski definition) is 3. The fraction of sp³-hybridized carbons (Fsp3) is 0.125. The van der Waals surface area contributed by atoms with Gasteiger partial charge < -0.3 is 10.8 Å². The van der Waals surface area contributed by atoms with Crippen molar-refractivity contribution >= 4 is 5.78 Å². The summed E-state index contributed by atoms with van der Waals surface area (Å²) in [6.07, 6.45) is 0. The highest BCUT2D eigenvalue weighted by atomic mass is 19.1. The standard InChI is InChI=1S/C8H8FNO2/c9-8-5(7(12)4-10)2-1-3-6(8)11/h1-3,11H,4,10H2. The van der Waals surface area contributed by atoms with Crippen LogP contribution in [0.1, 0.15) is 10.4 Å². The largest absolute Gasteiger partial charge is 0.505 e. The van der Waals surface area contributed by atoms with E-state index in [1.165, 1.54) is 18.2 Å². The van der Waals surface area contributed by atoms with Crippen molar-refractivity contribution in [1.29, 1.82) is 0 Å². The third-order valence-electron chi connectivity index (χ3n) is 1.46. The van der Waals surface area contributed by atoms with Crippen LogP contribution in [0.25, 0.3) is 0 Å². The molecule has 1 rings (SSSR count). The lowest BCUT2D eigenvalue weighted by Crippen LogP contribution is -2.14. The Hall–Kier alpha value is -1.42. The molecule has 3 N–H and O–H groups in total. The van der Waals surface area contributed by atoms with Crippen LogP contribution in [0, 0.1) is 5.82 Å². The number of carbonyl (C=O) groups excluding carboxylic acids is 1. The summed E-state index contributed by atoms with van der Waals surface area (Å²) < 4.78 is 12.9. The fourth-order valence-corrected chi connectivity index (χ4v) is 0.845. The van der Waals surface area contributed by atoms with E-state index < -0.39 is 17.3 Å². The number of phenols is 1. The second-order valence-corrected chi connectivity index (χ2v) is 2.27. The first-order valence-corrected chi connectivity index (χ1v) is 3.37. The van der Waals surface area contributed by atoms with Crippen LogP contribution in [-0.2, 0) is 0 Å². The van der Waals surface area contributed by atoms with Gasteiger partial charge in [0, 0.05) is 0 Å². The van der Waals surface area contributed by atoms with Crippen molar-refractivity contribution < 1.29 is 14.3 Å². The number of nitrogens with two attached hydrogens (primary N) is 1. The molecule has 64 valence electrons. The summed E-state index contributed by atoms with van der Waals surface area (Å²) >= 11 is 0. The number of ketones is 1. The van der Waals surface area contributed by atoms with E-state index >= 15 is 0 Å². The Balaban J connectivity index is 3.16. The van der Waals surface area contributed by atoms with Gasteiger partial charge in [-0.05, 0) is 12.1 Å². The predicted octanol–water partition coefficient (Wildman–Crippen LogP) is 0.673. The quantitative estimate of drug-likeness (QED) is 0.639. The van der Waals surface area contributed by atoms with Gasteiger partial charge in [-0.1, -0.05) is 6.07 Å². The average Bonchev–Trinajstić information content (AvgIpc) is 2.08. The number of rotatable bonds is 2. The summed E-state index contributed by atoms with van der Waals surface area (Å²) in [7, 11) is 0. The zero-order valence-corrected chi connectivity index (χ0v) is 6.25. The van der Waals surface area contributed by atoms with Crippen molar-refractivity contribution in [3.63, 3.8) is 0 Å². The van der Waals surface area contributed by atoms with E-state index in [-0.39, 0.29) is 12.1 Å². The molecule has 1 aromatic carbocycles. The second kappa shape index (κ2) is 3.32. The van der Waals surface area contributed by atoms with Gasteiger partial charge in [-0.15, -0.1) is 0 Å².